The Balaban J connectivity index is 1.71. The highest BCUT2D eigenvalue weighted by Gasteiger charge is 2.20. The Morgan fingerprint density at radius 1 is 0.812 bits per heavy atom. The largest absolute Gasteiger partial charge is 0.322 e. The molecule has 0 spiro atoms. The van der Waals surface area contributed by atoms with Gasteiger partial charge >= 0.3 is 0 Å². The summed E-state index contributed by atoms with van der Waals surface area (Å²) in [6.07, 6.45) is 2.11. The van der Waals surface area contributed by atoms with E-state index in [0.717, 1.165) is 49.7 Å². The van der Waals surface area contributed by atoms with E-state index >= 15 is 0 Å². The maximum atomic E-state index is 13.3. The van der Waals surface area contributed by atoms with E-state index in [1.54, 1.807) is 11.3 Å². The molecule has 1 N–H and O–H groups in total. The normalized spacial score (nSPS) is 11.4. The average Bonchev–Trinajstić information content (AvgIpc) is 3.27. The molecule has 0 saturated carbocycles. The van der Waals surface area contributed by atoms with E-state index in [1.165, 1.54) is 27.3 Å². The predicted molar refractivity (Wildman–Crippen MR) is 136 cm³/mol. The molecule has 32 heavy (non-hydrogen) atoms. The van der Waals surface area contributed by atoms with Crippen molar-refractivity contribution in [1.29, 1.82) is 0 Å². The van der Waals surface area contributed by atoms with Crippen molar-refractivity contribution in [3.8, 4) is 11.3 Å². The summed E-state index contributed by atoms with van der Waals surface area (Å²) in [5.74, 6) is -0.0462. The van der Waals surface area contributed by atoms with E-state index in [-0.39, 0.29) is 5.91 Å². The van der Waals surface area contributed by atoms with Crippen molar-refractivity contribution >= 4 is 27.9 Å². The Morgan fingerprint density at radius 2 is 1.41 bits per heavy atom. The third kappa shape index (κ3) is 3.36. The maximum Gasteiger partial charge on any atom is 0.256 e. The number of nitrogens with one attached hydrogen (secondary N) is 1. The number of fused-ring (bicyclic) bond motifs is 1. The molecule has 0 aliphatic carbocycles. The Bertz CT molecular complexity index is 1380. The molecule has 2 aromatic carbocycles. The Labute approximate surface area is 194 Å². The molecule has 0 fully saturated rings. The lowest BCUT2D eigenvalue weighted by Crippen LogP contribution is -2.18. The van der Waals surface area contributed by atoms with Crippen LogP contribution in [-0.4, -0.2) is 15.3 Å². The van der Waals surface area contributed by atoms with Crippen LogP contribution < -0.4 is 5.32 Å². The van der Waals surface area contributed by atoms with E-state index < -0.39 is 0 Å². The van der Waals surface area contributed by atoms with Crippen LogP contribution in [0.2, 0.25) is 0 Å². The van der Waals surface area contributed by atoms with Crippen molar-refractivity contribution in [2.45, 2.75) is 62.3 Å². The van der Waals surface area contributed by atoms with Gasteiger partial charge in [0, 0.05) is 33.6 Å². The molecule has 2 heterocycles. The highest BCUT2D eigenvalue weighted by molar-refractivity contribution is 7.17. The first kappa shape index (κ1) is 22.3. The number of imidazole rings is 1. The molecule has 0 atom stereocenters. The fraction of sp³-hybridized carbons (Fsp3) is 0.333. The lowest BCUT2D eigenvalue weighted by atomic mass is 9.89. The highest BCUT2D eigenvalue weighted by Crippen LogP contribution is 2.33. The third-order valence-corrected chi connectivity index (χ3v) is 8.40. The van der Waals surface area contributed by atoms with Gasteiger partial charge in [-0.1, -0.05) is 6.07 Å². The number of rotatable bonds is 3. The van der Waals surface area contributed by atoms with Crippen LogP contribution in [0.3, 0.4) is 0 Å². The van der Waals surface area contributed by atoms with Gasteiger partial charge in [-0.15, -0.1) is 11.3 Å². The first-order valence-corrected chi connectivity index (χ1v) is 11.8. The first-order chi connectivity index (χ1) is 15.0. The predicted octanol–water partition coefficient (Wildman–Crippen LogP) is 7.09. The van der Waals surface area contributed by atoms with Crippen LogP contribution in [0.25, 0.3) is 16.2 Å². The molecule has 1 amide bonds. The van der Waals surface area contributed by atoms with Crippen molar-refractivity contribution in [3.63, 3.8) is 0 Å². The molecule has 0 saturated heterocycles. The molecule has 166 valence electrons. The van der Waals surface area contributed by atoms with Gasteiger partial charge in [0.05, 0.1) is 5.69 Å². The molecule has 5 heteroatoms. The van der Waals surface area contributed by atoms with Gasteiger partial charge in [-0.2, -0.15) is 0 Å². The summed E-state index contributed by atoms with van der Waals surface area (Å²) in [4.78, 5) is 20.5. The number of hydrogen-bond donors (Lipinski definition) is 1. The molecular weight excluding hydrogens is 414 g/mol. The lowest BCUT2D eigenvalue weighted by Gasteiger charge is -2.19. The number of benzene rings is 2. The number of carbonyl (C=O) groups excluding carboxylic acids is 1. The zero-order valence-corrected chi connectivity index (χ0v) is 21.3. The van der Waals surface area contributed by atoms with Crippen molar-refractivity contribution in [2.24, 2.45) is 0 Å². The van der Waals surface area contributed by atoms with Gasteiger partial charge in [-0.05, 0) is 107 Å². The number of hydrogen-bond acceptors (Lipinski definition) is 3. The van der Waals surface area contributed by atoms with Crippen molar-refractivity contribution in [3.05, 3.63) is 73.4 Å². The molecule has 0 aliphatic heterocycles. The number of aryl methyl sites for hydroxylation is 2. The minimum atomic E-state index is -0.0462. The van der Waals surface area contributed by atoms with Crippen LogP contribution in [0.5, 0.6) is 0 Å². The molecule has 2 aromatic heterocycles. The molecule has 4 rings (SSSR count). The maximum absolute atomic E-state index is 13.3. The van der Waals surface area contributed by atoms with Gasteiger partial charge in [0.2, 0.25) is 0 Å². The molecule has 0 aliphatic rings. The van der Waals surface area contributed by atoms with Crippen molar-refractivity contribution < 1.29 is 4.79 Å². The Hall–Kier alpha value is -2.92. The van der Waals surface area contributed by atoms with E-state index in [0.29, 0.717) is 0 Å². The number of amides is 1. The van der Waals surface area contributed by atoms with Gasteiger partial charge in [0.15, 0.2) is 4.96 Å². The lowest BCUT2D eigenvalue weighted by molar-refractivity contribution is 0.102. The highest BCUT2D eigenvalue weighted by atomic mass is 32.1. The quantitative estimate of drug-likeness (QED) is 0.366. The Kier molecular flexibility index (Phi) is 5.49. The molecule has 0 unspecified atom stereocenters. The summed E-state index contributed by atoms with van der Waals surface area (Å²) < 4.78 is 2.16. The minimum absolute atomic E-state index is 0.0462. The number of anilines is 1. The van der Waals surface area contributed by atoms with E-state index in [9.17, 15) is 4.79 Å². The van der Waals surface area contributed by atoms with Gasteiger partial charge in [-0.3, -0.25) is 9.20 Å². The van der Waals surface area contributed by atoms with Gasteiger partial charge in [0.1, 0.15) is 0 Å². The first-order valence-electron chi connectivity index (χ1n) is 11.0. The summed E-state index contributed by atoms with van der Waals surface area (Å²) in [6, 6.07) is 4.07. The summed E-state index contributed by atoms with van der Waals surface area (Å²) in [7, 11) is 0. The summed E-state index contributed by atoms with van der Waals surface area (Å²) in [5, 5.41) is 3.18. The second-order valence-corrected chi connectivity index (χ2v) is 10.1. The van der Waals surface area contributed by atoms with Crippen LogP contribution in [0.15, 0.2) is 18.3 Å². The van der Waals surface area contributed by atoms with Crippen LogP contribution in [0, 0.1) is 62.3 Å². The zero-order chi connectivity index (χ0) is 23.5. The number of carbonyl (C=O) groups is 1. The van der Waals surface area contributed by atoms with E-state index in [2.05, 4.69) is 70.4 Å². The molecule has 4 nitrogen and oxygen atoms in total. The minimum Gasteiger partial charge on any atom is -0.322 e. The van der Waals surface area contributed by atoms with Crippen LogP contribution in [0.4, 0.5) is 5.69 Å². The van der Waals surface area contributed by atoms with Gasteiger partial charge in [-0.25, -0.2) is 4.98 Å². The van der Waals surface area contributed by atoms with E-state index in [4.69, 9.17) is 4.98 Å². The van der Waals surface area contributed by atoms with Crippen LogP contribution in [-0.2, 0) is 0 Å². The van der Waals surface area contributed by atoms with Crippen molar-refractivity contribution in [1.82, 2.24) is 9.38 Å². The second kappa shape index (κ2) is 7.89. The van der Waals surface area contributed by atoms with Gasteiger partial charge in [0.25, 0.3) is 5.91 Å². The summed E-state index contributed by atoms with van der Waals surface area (Å²) >= 11 is 1.71. The summed E-state index contributed by atoms with van der Waals surface area (Å²) in [5.41, 5.74) is 12.9. The molecule has 0 bridgehead atoms. The standard InChI is InChI=1S/C27H31N3OS/c1-13-14(2)18(6)25(19(7)15(13)3)26(31)28-23-11-10-22(16(4)17(23)5)24-12-30-20(8)21(9)32-27(30)29-24/h10-12H,1-9H3,(H,28,31). The smallest absolute Gasteiger partial charge is 0.256 e. The number of thiazole rings is 1. The Morgan fingerprint density at radius 3 is 2.00 bits per heavy atom. The summed E-state index contributed by atoms with van der Waals surface area (Å²) in [6.45, 7) is 18.8. The second-order valence-electron chi connectivity index (χ2n) is 8.89. The van der Waals surface area contributed by atoms with Gasteiger partial charge < -0.3 is 5.32 Å². The molecule has 0 radical (unpaired) electrons. The van der Waals surface area contributed by atoms with Crippen LogP contribution in [0.1, 0.15) is 59.9 Å². The SMILES string of the molecule is Cc1sc2nc(-c3ccc(NC(=O)c4c(C)c(C)c(C)c(C)c4C)c(C)c3C)cn2c1C. The van der Waals surface area contributed by atoms with E-state index in [1.807, 2.05) is 19.9 Å². The van der Waals surface area contributed by atoms with Crippen molar-refractivity contribution in [2.75, 3.05) is 5.32 Å². The number of nitrogens with zero attached hydrogens (tertiary/aromatic N) is 2. The topological polar surface area (TPSA) is 46.4 Å². The third-order valence-electron chi connectivity index (χ3n) is 7.33. The van der Waals surface area contributed by atoms with Crippen LogP contribution >= 0.6 is 11.3 Å². The fourth-order valence-electron chi connectivity index (χ4n) is 4.44. The molecule has 4 aromatic rings. The fourth-order valence-corrected chi connectivity index (χ4v) is 5.40. The number of aromatic nitrogens is 2. The monoisotopic (exact) mass is 445 g/mol. The average molecular weight is 446 g/mol. The molecular formula is C27H31N3OS. The zero-order valence-electron chi connectivity index (χ0n) is 20.4.